The number of carbonyl (C=O) groups is 2. The topological polar surface area (TPSA) is 80.2 Å². The number of carbonyl (C=O) groups excluding carboxylic acids is 2. The van der Waals surface area contributed by atoms with Crippen LogP contribution in [0.25, 0.3) is 0 Å². The highest BCUT2D eigenvalue weighted by atomic mass is 19.2. The monoisotopic (exact) mass is 333 g/mol. The fraction of sp³-hybridized carbons (Fsp3) is 0.188. The molecule has 1 aromatic carbocycles. The first-order valence-electron chi connectivity index (χ1n) is 7.09. The minimum atomic E-state index is -1.92. The summed E-state index contributed by atoms with van der Waals surface area (Å²) in [5, 5.41) is 4.34. The van der Waals surface area contributed by atoms with Gasteiger partial charge in [0, 0.05) is 17.3 Å². The van der Waals surface area contributed by atoms with Gasteiger partial charge in [-0.1, -0.05) is 18.2 Å². The number of halogens is 2. The predicted molar refractivity (Wildman–Crippen MR) is 80.1 cm³/mol. The van der Waals surface area contributed by atoms with Gasteiger partial charge in [-0.05, 0) is 19.1 Å². The summed E-state index contributed by atoms with van der Waals surface area (Å²) < 4.78 is 29.1. The van der Waals surface area contributed by atoms with Gasteiger partial charge in [-0.2, -0.15) is 0 Å². The molecule has 6 nitrogen and oxygen atoms in total. The second-order valence-electron chi connectivity index (χ2n) is 5.54. The van der Waals surface area contributed by atoms with Gasteiger partial charge >= 0.3 is 6.03 Å². The van der Waals surface area contributed by atoms with Gasteiger partial charge in [0.15, 0.2) is 17.2 Å². The molecule has 1 aliphatic rings. The lowest BCUT2D eigenvalue weighted by Gasteiger charge is -2.27. The van der Waals surface area contributed by atoms with E-state index in [4.69, 9.17) is 0 Å². The van der Waals surface area contributed by atoms with Gasteiger partial charge in [-0.3, -0.25) is 14.9 Å². The SMILES string of the molecule is Cc1cccn(CC2(c3cccc(F)c3F)NC(=O)NC2=O)c1=O. The molecule has 2 heterocycles. The van der Waals surface area contributed by atoms with Crippen LogP contribution >= 0.6 is 0 Å². The number of aromatic nitrogens is 1. The fourth-order valence-corrected chi connectivity index (χ4v) is 2.75. The summed E-state index contributed by atoms with van der Waals surface area (Å²) in [6.45, 7) is 1.22. The van der Waals surface area contributed by atoms with Crippen molar-refractivity contribution >= 4 is 11.9 Å². The van der Waals surface area contributed by atoms with E-state index in [2.05, 4.69) is 5.32 Å². The number of benzene rings is 1. The molecule has 1 atom stereocenters. The van der Waals surface area contributed by atoms with E-state index < -0.39 is 34.7 Å². The Balaban J connectivity index is 2.19. The van der Waals surface area contributed by atoms with Crippen molar-refractivity contribution < 1.29 is 18.4 Å². The quantitative estimate of drug-likeness (QED) is 0.828. The molecule has 1 fully saturated rings. The maximum atomic E-state index is 14.3. The Hall–Kier alpha value is -3.03. The van der Waals surface area contributed by atoms with E-state index in [-0.39, 0.29) is 12.1 Å². The highest BCUT2D eigenvalue weighted by Gasteiger charge is 2.50. The van der Waals surface area contributed by atoms with Gasteiger partial charge in [0.1, 0.15) is 0 Å². The first-order valence-corrected chi connectivity index (χ1v) is 7.09. The van der Waals surface area contributed by atoms with Crippen LogP contribution in [0.1, 0.15) is 11.1 Å². The van der Waals surface area contributed by atoms with Crippen molar-refractivity contribution in [1.82, 2.24) is 15.2 Å². The minimum absolute atomic E-state index is 0.348. The van der Waals surface area contributed by atoms with E-state index >= 15 is 0 Å². The number of hydrogen-bond donors (Lipinski definition) is 2. The van der Waals surface area contributed by atoms with E-state index in [1.807, 2.05) is 5.32 Å². The summed E-state index contributed by atoms with van der Waals surface area (Å²) >= 11 is 0. The number of nitrogens with zero attached hydrogens (tertiary/aromatic N) is 1. The third kappa shape index (κ3) is 2.36. The molecule has 1 aliphatic heterocycles. The van der Waals surface area contributed by atoms with Gasteiger partial charge in [0.2, 0.25) is 0 Å². The Labute approximate surface area is 135 Å². The number of amides is 3. The number of imide groups is 1. The molecule has 0 radical (unpaired) electrons. The molecule has 8 heteroatoms. The highest BCUT2D eigenvalue weighted by molar-refractivity contribution is 6.07. The number of hydrogen-bond acceptors (Lipinski definition) is 3. The molecule has 1 unspecified atom stereocenters. The summed E-state index contributed by atoms with van der Waals surface area (Å²) in [6, 6.07) is 5.66. The maximum Gasteiger partial charge on any atom is 0.322 e. The molecule has 0 spiro atoms. The Morgan fingerprint density at radius 3 is 2.54 bits per heavy atom. The zero-order chi connectivity index (χ0) is 17.5. The Bertz CT molecular complexity index is 910. The molecule has 3 rings (SSSR count). The first kappa shape index (κ1) is 15.9. The van der Waals surface area contributed by atoms with Crippen molar-refractivity contribution in [2.24, 2.45) is 0 Å². The molecule has 24 heavy (non-hydrogen) atoms. The average molecular weight is 333 g/mol. The van der Waals surface area contributed by atoms with Gasteiger partial charge in [0.05, 0.1) is 6.54 Å². The summed E-state index contributed by atoms with van der Waals surface area (Å²) in [7, 11) is 0. The molecule has 0 saturated carbocycles. The highest BCUT2D eigenvalue weighted by Crippen LogP contribution is 2.30. The molecule has 1 aromatic heterocycles. The molecule has 0 aliphatic carbocycles. The van der Waals surface area contributed by atoms with Crippen LogP contribution in [0.15, 0.2) is 41.3 Å². The van der Waals surface area contributed by atoms with Crippen LogP contribution in [0.5, 0.6) is 0 Å². The summed E-state index contributed by atoms with van der Waals surface area (Å²) in [4.78, 5) is 36.2. The van der Waals surface area contributed by atoms with E-state index in [1.165, 1.54) is 22.9 Å². The van der Waals surface area contributed by atoms with Crippen molar-refractivity contribution in [3.63, 3.8) is 0 Å². The van der Waals surface area contributed by atoms with E-state index in [0.29, 0.717) is 5.56 Å². The number of pyridine rings is 1. The maximum absolute atomic E-state index is 14.3. The van der Waals surface area contributed by atoms with Crippen LogP contribution in [0.3, 0.4) is 0 Å². The van der Waals surface area contributed by atoms with E-state index in [9.17, 15) is 23.2 Å². The molecule has 124 valence electrons. The average Bonchev–Trinajstić information content (AvgIpc) is 2.81. The second kappa shape index (κ2) is 5.55. The smallest absolute Gasteiger partial charge is 0.318 e. The zero-order valence-electron chi connectivity index (χ0n) is 12.6. The van der Waals surface area contributed by atoms with Crippen molar-refractivity contribution in [1.29, 1.82) is 0 Å². The molecule has 3 amide bonds. The van der Waals surface area contributed by atoms with Crippen LogP contribution in [0, 0.1) is 18.6 Å². The lowest BCUT2D eigenvalue weighted by Crippen LogP contribution is -2.49. The van der Waals surface area contributed by atoms with Crippen LogP contribution in [0.2, 0.25) is 0 Å². The minimum Gasteiger partial charge on any atom is -0.318 e. The normalized spacial score (nSPS) is 20.0. The Kier molecular flexibility index (Phi) is 3.67. The third-order valence-electron chi connectivity index (χ3n) is 3.97. The number of urea groups is 1. The molecule has 0 bridgehead atoms. The lowest BCUT2D eigenvalue weighted by atomic mass is 9.89. The molecule has 2 aromatic rings. The van der Waals surface area contributed by atoms with Crippen LogP contribution < -0.4 is 16.2 Å². The fourth-order valence-electron chi connectivity index (χ4n) is 2.75. The van der Waals surface area contributed by atoms with Gasteiger partial charge < -0.3 is 9.88 Å². The molecular weight excluding hydrogens is 320 g/mol. The molecular formula is C16H13F2N3O3. The standard InChI is InChI=1S/C16H13F2N3O3/c1-9-4-3-7-21(13(9)22)8-16(14(23)19-15(24)20-16)10-5-2-6-11(17)12(10)18/h2-7H,8H2,1H3,(H2,19,20,23,24). The van der Waals surface area contributed by atoms with Gasteiger partial charge in [-0.25, -0.2) is 13.6 Å². The first-order chi connectivity index (χ1) is 11.3. The second-order valence-corrected chi connectivity index (χ2v) is 5.54. The third-order valence-corrected chi connectivity index (χ3v) is 3.97. The summed E-state index contributed by atoms with van der Waals surface area (Å²) in [5.74, 6) is -3.27. The van der Waals surface area contributed by atoms with Crippen molar-refractivity contribution in [2.45, 2.75) is 19.0 Å². The van der Waals surface area contributed by atoms with Crippen molar-refractivity contribution in [3.05, 3.63) is 69.6 Å². The number of nitrogens with one attached hydrogen (secondary N) is 2. The van der Waals surface area contributed by atoms with Gasteiger partial charge in [0.25, 0.3) is 11.5 Å². The van der Waals surface area contributed by atoms with Crippen molar-refractivity contribution in [2.75, 3.05) is 0 Å². The van der Waals surface area contributed by atoms with Crippen LogP contribution in [-0.2, 0) is 16.9 Å². The number of rotatable bonds is 3. The van der Waals surface area contributed by atoms with E-state index in [1.54, 1.807) is 19.1 Å². The van der Waals surface area contributed by atoms with Gasteiger partial charge in [-0.15, -0.1) is 0 Å². The Morgan fingerprint density at radius 1 is 1.12 bits per heavy atom. The van der Waals surface area contributed by atoms with E-state index in [0.717, 1.165) is 6.07 Å². The number of aryl methyl sites for hydroxylation is 1. The zero-order valence-corrected chi connectivity index (χ0v) is 12.6. The lowest BCUT2D eigenvalue weighted by molar-refractivity contribution is -0.125. The van der Waals surface area contributed by atoms with Crippen molar-refractivity contribution in [3.8, 4) is 0 Å². The molecule has 1 saturated heterocycles. The molecule has 2 N–H and O–H groups in total. The van der Waals surface area contributed by atoms with Crippen LogP contribution in [0.4, 0.5) is 13.6 Å². The Morgan fingerprint density at radius 2 is 1.88 bits per heavy atom. The largest absolute Gasteiger partial charge is 0.322 e. The summed E-state index contributed by atoms with van der Waals surface area (Å²) in [5.41, 5.74) is -2.25. The van der Waals surface area contributed by atoms with Crippen LogP contribution in [-0.4, -0.2) is 16.5 Å². The predicted octanol–water partition coefficient (Wildman–Crippen LogP) is 1.17. The summed E-state index contributed by atoms with van der Waals surface area (Å²) in [6.07, 6.45) is 1.41.